The first kappa shape index (κ1) is 14.8. The first-order valence-electron chi connectivity index (χ1n) is 6.94. The maximum absolute atomic E-state index is 10.8. The van der Waals surface area contributed by atoms with Gasteiger partial charge in [0.1, 0.15) is 0 Å². The number of aromatic nitrogens is 2. The van der Waals surface area contributed by atoms with Gasteiger partial charge < -0.3 is 9.84 Å². The summed E-state index contributed by atoms with van der Waals surface area (Å²) < 4.78 is 7.59. The van der Waals surface area contributed by atoms with Crippen LogP contribution in [0.5, 0.6) is 0 Å². The van der Waals surface area contributed by atoms with E-state index in [-0.39, 0.29) is 12.2 Å². The van der Waals surface area contributed by atoms with E-state index in [9.17, 15) is 5.11 Å². The molecule has 0 bridgehead atoms. The van der Waals surface area contributed by atoms with Gasteiger partial charge in [-0.05, 0) is 27.7 Å². The maximum atomic E-state index is 10.8. The number of hydrogen-bond acceptors (Lipinski definition) is 3. The van der Waals surface area contributed by atoms with E-state index in [1.165, 1.54) is 0 Å². The van der Waals surface area contributed by atoms with Gasteiger partial charge in [-0.25, -0.2) is 0 Å². The Labute approximate surface area is 119 Å². The molecule has 1 saturated heterocycles. The van der Waals surface area contributed by atoms with Crippen LogP contribution in [0.15, 0.2) is 0 Å². The summed E-state index contributed by atoms with van der Waals surface area (Å²) in [5, 5.41) is 15.9. The summed E-state index contributed by atoms with van der Waals surface area (Å²) in [6.07, 6.45) is 1.97. The molecule has 108 valence electrons. The van der Waals surface area contributed by atoms with Gasteiger partial charge in [0.05, 0.1) is 34.2 Å². The highest BCUT2D eigenvalue weighted by Crippen LogP contribution is 2.34. The molecule has 0 amide bonds. The average molecular weight is 287 g/mol. The van der Waals surface area contributed by atoms with E-state index in [0.717, 1.165) is 17.9 Å². The first-order chi connectivity index (χ1) is 8.84. The summed E-state index contributed by atoms with van der Waals surface area (Å²) in [4.78, 5) is 0. The van der Waals surface area contributed by atoms with E-state index in [1.54, 1.807) is 0 Å². The molecule has 1 N–H and O–H groups in total. The zero-order valence-corrected chi connectivity index (χ0v) is 12.9. The number of nitrogens with zero attached hydrogens (tertiary/aromatic N) is 2. The SMILES string of the molecule is CCn1nc(C)c(Cl)c1CC1(O)CC(C)OC(C)C1. The number of aryl methyl sites for hydroxylation is 2. The van der Waals surface area contributed by atoms with Gasteiger partial charge in [0, 0.05) is 25.8 Å². The molecule has 0 radical (unpaired) electrons. The minimum Gasteiger partial charge on any atom is -0.389 e. The molecule has 4 nitrogen and oxygen atoms in total. The Hall–Kier alpha value is -0.580. The zero-order chi connectivity index (χ0) is 14.2. The number of aliphatic hydroxyl groups is 1. The molecule has 1 fully saturated rings. The van der Waals surface area contributed by atoms with Crippen LogP contribution in [0, 0.1) is 6.92 Å². The van der Waals surface area contributed by atoms with Crippen LogP contribution in [0.1, 0.15) is 45.0 Å². The van der Waals surface area contributed by atoms with Crippen LogP contribution < -0.4 is 0 Å². The van der Waals surface area contributed by atoms with Crippen molar-refractivity contribution in [2.24, 2.45) is 0 Å². The number of hydrogen-bond donors (Lipinski definition) is 1. The predicted molar refractivity (Wildman–Crippen MR) is 75.5 cm³/mol. The fourth-order valence-electron chi connectivity index (χ4n) is 3.14. The Balaban J connectivity index is 2.24. The van der Waals surface area contributed by atoms with Crippen molar-refractivity contribution in [1.29, 1.82) is 0 Å². The van der Waals surface area contributed by atoms with Gasteiger partial charge in [0.2, 0.25) is 0 Å². The fraction of sp³-hybridized carbons (Fsp3) is 0.786. The summed E-state index contributed by atoms with van der Waals surface area (Å²) >= 11 is 6.32. The summed E-state index contributed by atoms with van der Waals surface area (Å²) in [7, 11) is 0. The lowest BCUT2D eigenvalue weighted by atomic mass is 9.84. The molecule has 1 aliphatic rings. The summed E-state index contributed by atoms with van der Waals surface area (Å²) in [6.45, 7) is 8.71. The third-order valence-corrected chi connectivity index (χ3v) is 4.24. The van der Waals surface area contributed by atoms with Gasteiger partial charge in [0.15, 0.2) is 0 Å². The Morgan fingerprint density at radius 1 is 1.42 bits per heavy atom. The molecule has 2 unspecified atom stereocenters. The Bertz CT molecular complexity index is 449. The van der Waals surface area contributed by atoms with Crippen molar-refractivity contribution in [3.8, 4) is 0 Å². The highest BCUT2D eigenvalue weighted by Gasteiger charge is 2.38. The first-order valence-corrected chi connectivity index (χ1v) is 7.32. The molecule has 19 heavy (non-hydrogen) atoms. The van der Waals surface area contributed by atoms with E-state index in [0.29, 0.717) is 24.3 Å². The number of ether oxygens (including phenoxy) is 1. The van der Waals surface area contributed by atoms with Gasteiger partial charge in [-0.2, -0.15) is 5.10 Å². The highest BCUT2D eigenvalue weighted by molar-refractivity contribution is 6.31. The van der Waals surface area contributed by atoms with Crippen molar-refractivity contribution in [3.05, 3.63) is 16.4 Å². The van der Waals surface area contributed by atoms with E-state index in [2.05, 4.69) is 5.10 Å². The van der Waals surface area contributed by atoms with Crippen molar-refractivity contribution in [1.82, 2.24) is 9.78 Å². The van der Waals surface area contributed by atoms with Crippen LogP contribution in [0.3, 0.4) is 0 Å². The molecule has 2 atom stereocenters. The fourth-order valence-corrected chi connectivity index (χ4v) is 3.34. The lowest BCUT2D eigenvalue weighted by molar-refractivity contribution is -0.131. The molecule has 5 heteroatoms. The molecule has 0 spiro atoms. The molecule has 2 rings (SSSR count). The standard InChI is InChI=1S/C14H23ClN2O2/c1-5-17-12(13(15)11(4)16-17)8-14(18)6-9(2)19-10(3)7-14/h9-10,18H,5-8H2,1-4H3. The molecule has 0 aliphatic carbocycles. The monoisotopic (exact) mass is 286 g/mol. The van der Waals surface area contributed by atoms with E-state index in [1.807, 2.05) is 32.4 Å². The van der Waals surface area contributed by atoms with Crippen LogP contribution in [0.2, 0.25) is 5.02 Å². The van der Waals surface area contributed by atoms with Crippen molar-refractivity contribution in [3.63, 3.8) is 0 Å². The predicted octanol–water partition coefficient (Wildman–Crippen LogP) is 2.73. The van der Waals surface area contributed by atoms with E-state index >= 15 is 0 Å². The lowest BCUT2D eigenvalue weighted by Crippen LogP contribution is -2.45. The zero-order valence-electron chi connectivity index (χ0n) is 12.1. The summed E-state index contributed by atoms with van der Waals surface area (Å²) in [5.41, 5.74) is 1.01. The van der Waals surface area contributed by atoms with E-state index < -0.39 is 5.60 Å². The van der Waals surface area contributed by atoms with Crippen molar-refractivity contribution >= 4 is 11.6 Å². The van der Waals surface area contributed by atoms with Crippen LogP contribution in [0.4, 0.5) is 0 Å². The molecule has 0 aromatic carbocycles. The molecule has 2 heterocycles. The molecule has 1 aromatic rings. The third kappa shape index (κ3) is 3.12. The Morgan fingerprint density at radius 3 is 2.53 bits per heavy atom. The number of halogens is 1. The van der Waals surface area contributed by atoms with Gasteiger partial charge in [0.25, 0.3) is 0 Å². The minimum atomic E-state index is -0.750. The van der Waals surface area contributed by atoms with Crippen molar-refractivity contribution < 1.29 is 9.84 Å². The normalized spacial score (nSPS) is 31.7. The van der Waals surface area contributed by atoms with Gasteiger partial charge >= 0.3 is 0 Å². The lowest BCUT2D eigenvalue weighted by Gasteiger charge is -2.39. The van der Waals surface area contributed by atoms with Gasteiger partial charge in [-0.15, -0.1) is 0 Å². The van der Waals surface area contributed by atoms with Crippen molar-refractivity contribution in [2.45, 2.75) is 71.3 Å². The topological polar surface area (TPSA) is 47.3 Å². The Morgan fingerprint density at radius 2 is 2.00 bits per heavy atom. The van der Waals surface area contributed by atoms with Crippen LogP contribution in [-0.2, 0) is 17.7 Å². The minimum absolute atomic E-state index is 0.0756. The van der Waals surface area contributed by atoms with Crippen LogP contribution >= 0.6 is 11.6 Å². The summed E-state index contributed by atoms with van der Waals surface area (Å²) in [5.74, 6) is 0. The molecule has 1 aromatic heterocycles. The molecular weight excluding hydrogens is 264 g/mol. The maximum Gasteiger partial charge on any atom is 0.0848 e. The quantitative estimate of drug-likeness (QED) is 0.929. The molecule has 0 saturated carbocycles. The van der Waals surface area contributed by atoms with E-state index in [4.69, 9.17) is 16.3 Å². The van der Waals surface area contributed by atoms with Crippen LogP contribution in [-0.4, -0.2) is 32.7 Å². The largest absolute Gasteiger partial charge is 0.389 e. The molecule has 1 aliphatic heterocycles. The van der Waals surface area contributed by atoms with Crippen LogP contribution in [0.25, 0.3) is 0 Å². The average Bonchev–Trinajstić information content (AvgIpc) is 2.54. The second-order valence-electron chi connectivity index (χ2n) is 5.73. The highest BCUT2D eigenvalue weighted by atomic mass is 35.5. The van der Waals surface area contributed by atoms with Crippen molar-refractivity contribution in [2.75, 3.05) is 0 Å². The third-order valence-electron chi connectivity index (χ3n) is 3.75. The van der Waals surface area contributed by atoms with Gasteiger partial charge in [-0.3, -0.25) is 4.68 Å². The summed E-state index contributed by atoms with van der Waals surface area (Å²) in [6, 6.07) is 0. The second kappa shape index (κ2) is 5.43. The smallest absolute Gasteiger partial charge is 0.0848 e. The second-order valence-corrected chi connectivity index (χ2v) is 6.11. The Kier molecular flexibility index (Phi) is 4.23. The number of rotatable bonds is 3. The molecular formula is C14H23ClN2O2. The van der Waals surface area contributed by atoms with Gasteiger partial charge in [-0.1, -0.05) is 11.6 Å².